The van der Waals surface area contributed by atoms with Crippen LogP contribution in [-0.4, -0.2) is 47.6 Å². The smallest absolute Gasteiger partial charge is 0.224 e. The highest BCUT2D eigenvalue weighted by Crippen LogP contribution is 2.30. The van der Waals surface area contributed by atoms with Crippen LogP contribution in [-0.2, 0) is 9.53 Å². The third kappa shape index (κ3) is 5.34. The van der Waals surface area contributed by atoms with E-state index in [1.54, 1.807) is 18.5 Å². The lowest BCUT2D eigenvalue weighted by Gasteiger charge is -2.36. The molecule has 0 spiro atoms. The Balaban J connectivity index is 1.77. The van der Waals surface area contributed by atoms with E-state index in [0.29, 0.717) is 36.1 Å². The van der Waals surface area contributed by atoms with Crippen molar-refractivity contribution >= 4 is 40.5 Å². The number of carbonyl (C=O) groups is 1. The fourth-order valence-corrected chi connectivity index (χ4v) is 3.89. The Bertz CT molecular complexity index is 758. The van der Waals surface area contributed by atoms with Gasteiger partial charge in [-0.25, -0.2) is 0 Å². The largest absolute Gasteiger partial charge is 0.372 e. The molecule has 3 rings (SSSR count). The summed E-state index contributed by atoms with van der Waals surface area (Å²) in [6.07, 6.45) is 3.94. The summed E-state index contributed by atoms with van der Waals surface area (Å²) in [4.78, 5) is 20.8. The zero-order chi connectivity index (χ0) is 19.4. The van der Waals surface area contributed by atoms with E-state index in [9.17, 15) is 4.79 Å². The van der Waals surface area contributed by atoms with Crippen molar-refractivity contribution in [2.75, 3.05) is 24.5 Å². The van der Waals surface area contributed by atoms with Crippen molar-refractivity contribution in [1.82, 2.24) is 9.88 Å². The molecule has 27 heavy (non-hydrogen) atoms. The first-order valence-corrected chi connectivity index (χ1v) is 9.75. The van der Waals surface area contributed by atoms with Crippen LogP contribution in [0.5, 0.6) is 0 Å². The summed E-state index contributed by atoms with van der Waals surface area (Å²) in [5.41, 5.74) is 1.77. The summed E-state index contributed by atoms with van der Waals surface area (Å²) in [6, 6.07) is 9.18. The van der Waals surface area contributed by atoms with Crippen LogP contribution in [0.1, 0.15) is 20.3 Å². The molecule has 144 valence electrons. The molecule has 1 aliphatic heterocycles. The first-order chi connectivity index (χ1) is 12.9. The molecule has 1 fully saturated rings. The molecule has 2 heterocycles. The summed E-state index contributed by atoms with van der Waals surface area (Å²) in [5, 5.41) is 1.11. The predicted molar refractivity (Wildman–Crippen MR) is 109 cm³/mol. The molecule has 0 radical (unpaired) electrons. The van der Waals surface area contributed by atoms with E-state index in [1.165, 1.54) is 0 Å². The maximum atomic E-state index is 12.8. The highest BCUT2D eigenvalue weighted by atomic mass is 35.5. The van der Waals surface area contributed by atoms with Gasteiger partial charge in [0, 0.05) is 59.9 Å². The predicted octanol–water partition coefficient (Wildman–Crippen LogP) is 4.55. The van der Waals surface area contributed by atoms with Crippen molar-refractivity contribution < 1.29 is 9.53 Å². The number of anilines is 2. The second kappa shape index (κ2) is 8.91. The van der Waals surface area contributed by atoms with Crippen LogP contribution in [0.15, 0.2) is 42.7 Å². The molecule has 1 aromatic heterocycles. The third-order valence-electron chi connectivity index (χ3n) is 4.45. The number of ether oxygens (including phenoxy) is 1. The number of rotatable bonds is 5. The van der Waals surface area contributed by atoms with E-state index < -0.39 is 0 Å². The summed E-state index contributed by atoms with van der Waals surface area (Å²) in [5.74, 6) is 0.115. The molecule has 0 N–H and O–H groups in total. The Morgan fingerprint density at radius 2 is 1.70 bits per heavy atom. The van der Waals surface area contributed by atoms with Crippen LogP contribution >= 0.6 is 23.2 Å². The number of nitrogens with zero attached hydrogens (tertiary/aromatic N) is 3. The molecule has 1 aliphatic rings. The maximum Gasteiger partial charge on any atom is 0.224 e. The monoisotopic (exact) mass is 407 g/mol. The number of benzene rings is 1. The molecule has 2 aromatic rings. The average molecular weight is 408 g/mol. The lowest BCUT2D eigenvalue weighted by molar-refractivity contribution is -0.142. The van der Waals surface area contributed by atoms with Gasteiger partial charge in [0.1, 0.15) is 0 Å². The van der Waals surface area contributed by atoms with E-state index >= 15 is 0 Å². The van der Waals surface area contributed by atoms with Crippen LogP contribution < -0.4 is 4.90 Å². The number of morpholine rings is 1. The number of hydrogen-bond donors (Lipinski definition) is 0. The van der Waals surface area contributed by atoms with Crippen molar-refractivity contribution in [1.29, 1.82) is 0 Å². The SMILES string of the molecule is CC1CN(C(=O)CCN(c2ccncc2)c2cc(Cl)cc(Cl)c2)CC(C)O1. The van der Waals surface area contributed by atoms with Crippen molar-refractivity contribution in [3.05, 3.63) is 52.8 Å². The van der Waals surface area contributed by atoms with Gasteiger partial charge in [0.05, 0.1) is 12.2 Å². The Kier molecular flexibility index (Phi) is 6.58. The number of carbonyl (C=O) groups excluding carboxylic acids is 1. The second-order valence-electron chi connectivity index (χ2n) is 6.79. The van der Waals surface area contributed by atoms with Crippen LogP contribution in [0.2, 0.25) is 10.0 Å². The van der Waals surface area contributed by atoms with Crippen molar-refractivity contribution in [3.8, 4) is 0 Å². The molecule has 1 saturated heterocycles. The molecule has 0 bridgehead atoms. The molecule has 1 aromatic carbocycles. The molecular formula is C20H23Cl2N3O2. The summed E-state index contributed by atoms with van der Waals surface area (Å²) >= 11 is 12.4. The first-order valence-electron chi connectivity index (χ1n) is 8.99. The Hall–Kier alpha value is -1.82. The van der Waals surface area contributed by atoms with Gasteiger partial charge < -0.3 is 14.5 Å². The highest BCUT2D eigenvalue weighted by Gasteiger charge is 2.26. The zero-order valence-corrected chi connectivity index (χ0v) is 17.0. The van der Waals surface area contributed by atoms with Crippen LogP contribution in [0, 0.1) is 0 Å². The molecule has 5 nitrogen and oxygen atoms in total. The summed E-state index contributed by atoms with van der Waals surface area (Å²) in [7, 11) is 0. The minimum Gasteiger partial charge on any atom is -0.372 e. The maximum absolute atomic E-state index is 12.8. The Morgan fingerprint density at radius 1 is 1.11 bits per heavy atom. The number of pyridine rings is 1. The van der Waals surface area contributed by atoms with Gasteiger partial charge in [0.25, 0.3) is 0 Å². The minimum atomic E-state index is 0.0562. The van der Waals surface area contributed by atoms with Crippen molar-refractivity contribution in [3.63, 3.8) is 0 Å². The Morgan fingerprint density at radius 3 is 2.30 bits per heavy atom. The summed E-state index contributed by atoms with van der Waals surface area (Å²) < 4.78 is 5.72. The van der Waals surface area contributed by atoms with Gasteiger partial charge in [-0.15, -0.1) is 0 Å². The van der Waals surface area contributed by atoms with Gasteiger partial charge in [-0.3, -0.25) is 9.78 Å². The molecule has 0 aliphatic carbocycles. The average Bonchev–Trinajstić information content (AvgIpc) is 2.61. The van der Waals surface area contributed by atoms with Gasteiger partial charge >= 0.3 is 0 Å². The van der Waals surface area contributed by atoms with Crippen LogP contribution in [0.25, 0.3) is 0 Å². The highest BCUT2D eigenvalue weighted by molar-refractivity contribution is 6.35. The van der Waals surface area contributed by atoms with Gasteiger partial charge in [0.15, 0.2) is 0 Å². The standard InChI is InChI=1S/C20H23Cl2N3O2/c1-14-12-24(13-15(2)27-14)20(26)5-8-25(18-3-6-23-7-4-18)19-10-16(21)9-17(22)11-19/h3-4,6-7,9-11,14-15H,5,8,12-13H2,1-2H3. The number of aromatic nitrogens is 1. The van der Waals surface area contributed by atoms with Gasteiger partial charge in [0.2, 0.25) is 5.91 Å². The Labute approximate surface area is 169 Å². The number of hydrogen-bond acceptors (Lipinski definition) is 4. The van der Waals surface area contributed by atoms with Gasteiger partial charge in [-0.05, 0) is 44.2 Å². The topological polar surface area (TPSA) is 45.7 Å². The van der Waals surface area contributed by atoms with Crippen molar-refractivity contribution in [2.45, 2.75) is 32.5 Å². The third-order valence-corrected chi connectivity index (χ3v) is 4.89. The lowest BCUT2D eigenvalue weighted by atomic mass is 10.2. The number of halogens is 2. The van der Waals surface area contributed by atoms with E-state index in [2.05, 4.69) is 4.98 Å². The first kappa shape index (κ1) is 19.9. The van der Waals surface area contributed by atoms with E-state index in [0.717, 1.165) is 11.4 Å². The van der Waals surface area contributed by atoms with Gasteiger partial charge in [-0.2, -0.15) is 0 Å². The normalized spacial score (nSPS) is 19.8. The van der Waals surface area contributed by atoms with Gasteiger partial charge in [-0.1, -0.05) is 23.2 Å². The van der Waals surface area contributed by atoms with Crippen molar-refractivity contribution in [2.24, 2.45) is 0 Å². The number of amides is 1. The molecular weight excluding hydrogens is 385 g/mol. The minimum absolute atomic E-state index is 0.0562. The molecule has 1 amide bonds. The second-order valence-corrected chi connectivity index (χ2v) is 7.66. The van der Waals surface area contributed by atoms with E-state index in [1.807, 2.05) is 47.9 Å². The molecule has 0 saturated carbocycles. The van der Waals surface area contributed by atoms with E-state index in [-0.39, 0.29) is 18.1 Å². The molecule has 7 heteroatoms. The fourth-order valence-electron chi connectivity index (χ4n) is 3.37. The quantitative estimate of drug-likeness (QED) is 0.728. The summed E-state index contributed by atoms with van der Waals surface area (Å²) in [6.45, 7) is 5.75. The van der Waals surface area contributed by atoms with Crippen LogP contribution in [0.4, 0.5) is 11.4 Å². The molecule has 2 unspecified atom stereocenters. The van der Waals surface area contributed by atoms with E-state index in [4.69, 9.17) is 27.9 Å². The molecule has 2 atom stereocenters. The fraction of sp³-hybridized carbons (Fsp3) is 0.400. The van der Waals surface area contributed by atoms with Crippen LogP contribution in [0.3, 0.4) is 0 Å². The zero-order valence-electron chi connectivity index (χ0n) is 15.4. The lowest BCUT2D eigenvalue weighted by Crippen LogP contribution is -2.48.